The van der Waals surface area contributed by atoms with Crippen LogP contribution in [0.3, 0.4) is 0 Å². The minimum absolute atomic E-state index is 0.0318. The molecule has 2 aromatic rings. The van der Waals surface area contributed by atoms with Crippen molar-refractivity contribution in [1.82, 2.24) is 19.8 Å². The zero-order chi connectivity index (χ0) is 20.4. The van der Waals surface area contributed by atoms with E-state index in [1.54, 1.807) is 12.4 Å². The largest absolute Gasteiger partial charge is 0.368 e. The van der Waals surface area contributed by atoms with Gasteiger partial charge < -0.3 is 19.6 Å². The molecule has 0 aliphatic carbocycles. The fourth-order valence-electron chi connectivity index (χ4n) is 4.01. The standard InChI is InChI=1S/C22H30N6O/c1-17-5-4-6-20(18(17)2)26-11-13-28(14-12-26)22-23-15-19(16-24-22)21(29)27-9-7-25(3)8-10-27/h4-6,15-16H,7-14H2,1-3H3. The smallest absolute Gasteiger partial charge is 0.257 e. The number of carbonyl (C=O) groups excluding carboxylic acids is 1. The van der Waals surface area contributed by atoms with Crippen LogP contribution in [0.1, 0.15) is 21.5 Å². The summed E-state index contributed by atoms with van der Waals surface area (Å²) in [6, 6.07) is 6.49. The number of aromatic nitrogens is 2. The molecule has 2 fully saturated rings. The second-order valence-electron chi connectivity index (χ2n) is 8.06. The van der Waals surface area contributed by atoms with E-state index in [9.17, 15) is 4.79 Å². The average Bonchev–Trinajstić information content (AvgIpc) is 2.76. The van der Waals surface area contributed by atoms with Gasteiger partial charge in [0.2, 0.25) is 5.95 Å². The lowest BCUT2D eigenvalue weighted by atomic mass is 10.1. The lowest BCUT2D eigenvalue weighted by Gasteiger charge is -2.37. The van der Waals surface area contributed by atoms with Gasteiger partial charge in [-0.05, 0) is 38.1 Å². The van der Waals surface area contributed by atoms with Crippen molar-refractivity contribution >= 4 is 17.5 Å². The fraction of sp³-hybridized carbons (Fsp3) is 0.500. The SMILES string of the molecule is Cc1cccc(N2CCN(c3ncc(C(=O)N4CCN(C)CC4)cn3)CC2)c1C. The molecule has 3 heterocycles. The number of aryl methyl sites for hydroxylation is 1. The van der Waals surface area contributed by atoms with Gasteiger partial charge in [0.05, 0.1) is 5.56 Å². The molecule has 4 rings (SSSR count). The molecule has 0 unspecified atom stereocenters. The Balaban J connectivity index is 1.37. The number of hydrogen-bond donors (Lipinski definition) is 0. The molecule has 7 heteroatoms. The maximum atomic E-state index is 12.7. The molecular formula is C22H30N6O. The van der Waals surface area contributed by atoms with E-state index in [-0.39, 0.29) is 5.91 Å². The van der Waals surface area contributed by atoms with E-state index < -0.39 is 0 Å². The number of nitrogens with zero attached hydrogens (tertiary/aromatic N) is 6. The third-order valence-electron chi connectivity index (χ3n) is 6.15. The first-order chi connectivity index (χ1) is 14.0. The molecule has 29 heavy (non-hydrogen) atoms. The third-order valence-corrected chi connectivity index (χ3v) is 6.15. The lowest BCUT2D eigenvalue weighted by molar-refractivity contribution is 0.0663. The highest BCUT2D eigenvalue weighted by Crippen LogP contribution is 2.24. The number of piperazine rings is 2. The Morgan fingerprint density at radius 2 is 1.48 bits per heavy atom. The predicted molar refractivity (Wildman–Crippen MR) is 116 cm³/mol. The minimum atomic E-state index is 0.0318. The van der Waals surface area contributed by atoms with Crippen LogP contribution in [0.4, 0.5) is 11.6 Å². The summed E-state index contributed by atoms with van der Waals surface area (Å²) in [4.78, 5) is 30.4. The molecule has 0 saturated carbocycles. The van der Waals surface area contributed by atoms with Gasteiger partial charge in [-0.15, -0.1) is 0 Å². The lowest BCUT2D eigenvalue weighted by Crippen LogP contribution is -2.48. The highest BCUT2D eigenvalue weighted by molar-refractivity contribution is 5.93. The van der Waals surface area contributed by atoms with Gasteiger partial charge in [0.15, 0.2) is 0 Å². The van der Waals surface area contributed by atoms with Crippen LogP contribution in [0.5, 0.6) is 0 Å². The van der Waals surface area contributed by atoms with Crippen LogP contribution in [0, 0.1) is 13.8 Å². The van der Waals surface area contributed by atoms with E-state index >= 15 is 0 Å². The van der Waals surface area contributed by atoms with Gasteiger partial charge in [-0.1, -0.05) is 12.1 Å². The molecular weight excluding hydrogens is 364 g/mol. The first-order valence-corrected chi connectivity index (χ1v) is 10.4. The van der Waals surface area contributed by atoms with Crippen molar-refractivity contribution in [2.45, 2.75) is 13.8 Å². The first-order valence-electron chi connectivity index (χ1n) is 10.4. The number of anilines is 2. The van der Waals surface area contributed by atoms with Gasteiger partial charge in [0.25, 0.3) is 5.91 Å². The first kappa shape index (κ1) is 19.6. The summed E-state index contributed by atoms with van der Waals surface area (Å²) in [5.74, 6) is 0.741. The molecule has 7 nitrogen and oxygen atoms in total. The molecule has 0 spiro atoms. The van der Waals surface area contributed by atoms with Gasteiger partial charge in [-0.25, -0.2) is 9.97 Å². The van der Waals surface area contributed by atoms with Crippen LogP contribution in [0.15, 0.2) is 30.6 Å². The summed E-state index contributed by atoms with van der Waals surface area (Å²) in [5.41, 5.74) is 4.57. The molecule has 0 N–H and O–H groups in total. The van der Waals surface area contributed by atoms with Gasteiger partial charge in [-0.3, -0.25) is 4.79 Å². The second-order valence-corrected chi connectivity index (χ2v) is 8.06. The van der Waals surface area contributed by atoms with Gasteiger partial charge in [-0.2, -0.15) is 0 Å². The zero-order valence-corrected chi connectivity index (χ0v) is 17.6. The quantitative estimate of drug-likeness (QED) is 0.791. The predicted octanol–water partition coefficient (Wildman–Crippen LogP) is 1.81. The highest BCUT2D eigenvalue weighted by Gasteiger charge is 2.23. The topological polar surface area (TPSA) is 55.8 Å². The summed E-state index contributed by atoms with van der Waals surface area (Å²) in [5, 5.41) is 0. The Morgan fingerprint density at radius 3 is 2.14 bits per heavy atom. The average molecular weight is 395 g/mol. The summed E-state index contributed by atoms with van der Waals surface area (Å²) in [6.45, 7) is 11.3. The summed E-state index contributed by atoms with van der Waals surface area (Å²) in [6.07, 6.45) is 3.36. The molecule has 0 radical (unpaired) electrons. The molecule has 2 saturated heterocycles. The molecule has 1 aromatic carbocycles. The van der Waals surface area contributed by atoms with Gasteiger partial charge >= 0.3 is 0 Å². The van der Waals surface area contributed by atoms with Crippen LogP contribution in [-0.2, 0) is 0 Å². The molecule has 2 aliphatic rings. The molecule has 1 aromatic heterocycles. The summed E-state index contributed by atoms with van der Waals surface area (Å²) < 4.78 is 0. The summed E-state index contributed by atoms with van der Waals surface area (Å²) >= 11 is 0. The van der Waals surface area contributed by atoms with Crippen LogP contribution in [0.2, 0.25) is 0 Å². The van der Waals surface area contributed by atoms with Crippen molar-refractivity contribution in [1.29, 1.82) is 0 Å². The van der Waals surface area contributed by atoms with E-state index in [4.69, 9.17) is 0 Å². The maximum Gasteiger partial charge on any atom is 0.257 e. The van der Waals surface area contributed by atoms with Crippen LogP contribution < -0.4 is 9.80 Å². The van der Waals surface area contributed by atoms with Crippen molar-refractivity contribution in [2.75, 3.05) is 69.2 Å². The summed E-state index contributed by atoms with van der Waals surface area (Å²) in [7, 11) is 2.08. The van der Waals surface area contributed by atoms with Crippen LogP contribution >= 0.6 is 0 Å². The molecule has 1 amide bonds. The Bertz CT molecular complexity index is 852. The number of amides is 1. The maximum absolute atomic E-state index is 12.7. The Kier molecular flexibility index (Phi) is 5.67. The number of likely N-dealkylation sites (N-methyl/N-ethyl adjacent to an activating group) is 1. The second kappa shape index (κ2) is 8.37. The van der Waals surface area contributed by atoms with E-state index in [0.29, 0.717) is 11.5 Å². The molecule has 0 bridgehead atoms. The molecule has 2 aliphatic heterocycles. The van der Waals surface area contributed by atoms with Crippen molar-refractivity contribution in [2.24, 2.45) is 0 Å². The Hall–Kier alpha value is -2.67. The van der Waals surface area contributed by atoms with Gasteiger partial charge in [0, 0.05) is 70.4 Å². The van der Waals surface area contributed by atoms with Crippen molar-refractivity contribution in [3.63, 3.8) is 0 Å². The van der Waals surface area contributed by atoms with E-state index in [2.05, 4.69) is 63.8 Å². The highest BCUT2D eigenvalue weighted by atomic mass is 16.2. The molecule has 154 valence electrons. The van der Waals surface area contributed by atoms with E-state index in [0.717, 1.165) is 52.4 Å². The Morgan fingerprint density at radius 1 is 0.862 bits per heavy atom. The minimum Gasteiger partial charge on any atom is -0.368 e. The Labute approximate surface area is 172 Å². The number of hydrogen-bond acceptors (Lipinski definition) is 6. The fourth-order valence-corrected chi connectivity index (χ4v) is 4.01. The van der Waals surface area contributed by atoms with Crippen molar-refractivity contribution in [3.05, 3.63) is 47.3 Å². The monoisotopic (exact) mass is 394 g/mol. The number of carbonyl (C=O) groups is 1. The third kappa shape index (κ3) is 4.19. The van der Waals surface area contributed by atoms with Crippen molar-refractivity contribution < 1.29 is 4.79 Å². The zero-order valence-electron chi connectivity index (χ0n) is 17.6. The van der Waals surface area contributed by atoms with Crippen LogP contribution in [0.25, 0.3) is 0 Å². The number of rotatable bonds is 3. The van der Waals surface area contributed by atoms with Gasteiger partial charge in [0.1, 0.15) is 0 Å². The van der Waals surface area contributed by atoms with E-state index in [1.165, 1.54) is 16.8 Å². The number of benzene rings is 1. The normalized spacial score (nSPS) is 18.2. The van der Waals surface area contributed by atoms with Crippen LogP contribution in [-0.4, -0.2) is 85.1 Å². The van der Waals surface area contributed by atoms with E-state index in [1.807, 2.05) is 4.90 Å². The van der Waals surface area contributed by atoms with Crippen molar-refractivity contribution in [3.8, 4) is 0 Å². The molecule has 0 atom stereocenters.